The molecule has 0 radical (unpaired) electrons. The predicted octanol–water partition coefficient (Wildman–Crippen LogP) is 2.01. The molecule has 0 atom stereocenters. The molecule has 7 heteroatoms. The average molecular weight is 268 g/mol. The smallest absolute Gasteiger partial charge is 0.305 e. The molecule has 1 aromatic carbocycles. The van der Waals surface area contributed by atoms with E-state index in [4.69, 9.17) is 6.42 Å². The SMILES string of the molecule is C#CC(C)(C)NC(=O)c1c(F)ccc([N+](=O)[O-])c1F. The van der Waals surface area contributed by atoms with Crippen molar-refractivity contribution in [2.75, 3.05) is 0 Å². The maximum atomic E-state index is 13.7. The van der Waals surface area contributed by atoms with Gasteiger partial charge in [-0.1, -0.05) is 5.92 Å². The number of nitro groups is 1. The fourth-order valence-corrected chi connectivity index (χ4v) is 1.27. The minimum atomic E-state index is -1.53. The number of nitrogens with one attached hydrogen (secondary N) is 1. The standard InChI is InChI=1S/C12H10F2N2O3/c1-4-12(2,3)15-11(17)9-7(13)5-6-8(10(9)14)16(18)19/h1,5-6H,2-3H3,(H,15,17). The van der Waals surface area contributed by atoms with Crippen LogP contribution in [-0.2, 0) is 0 Å². The van der Waals surface area contributed by atoms with E-state index in [2.05, 4.69) is 11.2 Å². The summed E-state index contributed by atoms with van der Waals surface area (Å²) >= 11 is 0. The molecule has 0 aromatic heterocycles. The quantitative estimate of drug-likeness (QED) is 0.518. The van der Waals surface area contributed by atoms with Crippen molar-refractivity contribution in [3.05, 3.63) is 39.4 Å². The lowest BCUT2D eigenvalue weighted by atomic mass is 10.1. The molecule has 100 valence electrons. The van der Waals surface area contributed by atoms with Crippen LogP contribution < -0.4 is 5.32 Å². The Morgan fingerprint density at radius 3 is 2.53 bits per heavy atom. The van der Waals surface area contributed by atoms with Gasteiger partial charge < -0.3 is 5.32 Å². The van der Waals surface area contributed by atoms with Crippen LogP contribution in [-0.4, -0.2) is 16.4 Å². The highest BCUT2D eigenvalue weighted by Gasteiger charge is 2.28. The number of hydrogen-bond donors (Lipinski definition) is 1. The zero-order chi connectivity index (χ0) is 14.8. The molecule has 0 saturated carbocycles. The molecule has 0 fully saturated rings. The molecule has 0 spiro atoms. The van der Waals surface area contributed by atoms with Crippen LogP contribution in [0.5, 0.6) is 0 Å². The van der Waals surface area contributed by atoms with Gasteiger partial charge in [0.15, 0.2) is 0 Å². The number of carbonyl (C=O) groups excluding carboxylic acids is 1. The van der Waals surface area contributed by atoms with Gasteiger partial charge in [-0.2, -0.15) is 4.39 Å². The van der Waals surface area contributed by atoms with Gasteiger partial charge in [0.25, 0.3) is 5.91 Å². The Morgan fingerprint density at radius 1 is 1.47 bits per heavy atom. The summed E-state index contributed by atoms with van der Waals surface area (Å²) in [4.78, 5) is 21.2. The van der Waals surface area contributed by atoms with E-state index in [-0.39, 0.29) is 0 Å². The number of benzene rings is 1. The van der Waals surface area contributed by atoms with Crippen molar-refractivity contribution in [1.82, 2.24) is 5.32 Å². The summed E-state index contributed by atoms with van der Waals surface area (Å²) in [5.74, 6) is -1.68. The van der Waals surface area contributed by atoms with Crippen molar-refractivity contribution in [2.45, 2.75) is 19.4 Å². The van der Waals surface area contributed by atoms with Crippen LogP contribution in [0.1, 0.15) is 24.2 Å². The van der Waals surface area contributed by atoms with Crippen molar-refractivity contribution < 1.29 is 18.5 Å². The van der Waals surface area contributed by atoms with E-state index in [1.165, 1.54) is 13.8 Å². The maximum Gasteiger partial charge on any atom is 0.305 e. The van der Waals surface area contributed by atoms with Crippen LogP contribution in [0.2, 0.25) is 0 Å². The second kappa shape index (κ2) is 5.02. The van der Waals surface area contributed by atoms with Crippen molar-refractivity contribution in [2.24, 2.45) is 0 Å². The Morgan fingerprint density at radius 2 is 2.05 bits per heavy atom. The zero-order valence-electron chi connectivity index (χ0n) is 10.2. The van der Waals surface area contributed by atoms with E-state index in [1.807, 2.05) is 0 Å². The molecule has 5 nitrogen and oxygen atoms in total. The van der Waals surface area contributed by atoms with E-state index in [1.54, 1.807) is 0 Å². The lowest BCUT2D eigenvalue weighted by molar-refractivity contribution is -0.387. The van der Waals surface area contributed by atoms with Gasteiger partial charge in [0.1, 0.15) is 11.4 Å². The number of nitro benzene ring substituents is 1. The fraction of sp³-hybridized carbons (Fsp3) is 0.250. The molecule has 0 heterocycles. The van der Waals surface area contributed by atoms with E-state index in [9.17, 15) is 23.7 Å². The molecule has 1 rings (SSSR count). The number of halogens is 2. The minimum absolute atomic E-state index is 0.647. The number of nitrogens with zero attached hydrogens (tertiary/aromatic N) is 1. The van der Waals surface area contributed by atoms with E-state index >= 15 is 0 Å². The molecule has 0 bridgehead atoms. The highest BCUT2D eigenvalue weighted by molar-refractivity contribution is 5.96. The van der Waals surface area contributed by atoms with Gasteiger partial charge in [0.05, 0.1) is 10.5 Å². The first-order chi connectivity index (χ1) is 8.69. The highest BCUT2D eigenvalue weighted by atomic mass is 19.1. The summed E-state index contributed by atoms with van der Waals surface area (Å²) < 4.78 is 27.2. The minimum Gasteiger partial charge on any atom is -0.336 e. The summed E-state index contributed by atoms with van der Waals surface area (Å²) in [5.41, 5.74) is -3.15. The molecular formula is C12H10F2N2O3. The van der Waals surface area contributed by atoms with Crippen molar-refractivity contribution >= 4 is 11.6 Å². The summed E-state index contributed by atoms with van der Waals surface area (Å²) in [6, 6.07) is 1.30. The average Bonchev–Trinajstić information content (AvgIpc) is 2.27. The number of carbonyl (C=O) groups is 1. The van der Waals surface area contributed by atoms with Gasteiger partial charge in [-0.05, 0) is 19.9 Å². The number of terminal acetylenes is 1. The summed E-state index contributed by atoms with van der Waals surface area (Å²) in [7, 11) is 0. The van der Waals surface area contributed by atoms with Gasteiger partial charge in [-0.25, -0.2) is 4.39 Å². The third-order valence-electron chi connectivity index (χ3n) is 2.28. The number of hydrogen-bond acceptors (Lipinski definition) is 3. The van der Waals surface area contributed by atoms with Crippen LogP contribution in [0, 0.1) is 34.1 Å². The topological polar surface area (TPSA) is 72.2 Å². The first kappa shape index (κ1) is 14.6. The van der Waals surface area contributed by atoms with Crippen molar-refractivity contribution in [3.8, 4) is 12.3 Å². The van der Waals surface area contributed by atoms with E-state index in [0.717, 1.165) is 0 Å². The largest absolute Gasteiger partial charge is 0.336 e. The van der Waals surface area contributed by atoms with Crippen LogP contribution in [0.15, 0.2) is 12.1 Å². The van der Waals surface area contributed by atoms with Crippen LogP contribution in [0.25, 0.3) is 0 Å². The van der Waals surface area contributed by atoms with Crippen LogP contribution in [0.3, 0.4) is 0 Å². The molecule has 0 aliphatic heterocycles. The molecule has 0 aliphatic carbocycles. The van der Waals surface area contributed by atoms with Gasteiger partial charge in [-0.3, -0.25) is 14.9 Å². The van der Waals surface area contributed by atoms with Crippen molar-refractivity contribution in [1.29, 1.82) is 0 Å². The Balaban J connectivity index is 3.28. The van der Waals surface area contributed by atoms with Crippen molar-refractivity contribution in [3.63, 3.8) is 0 Å². The molecule has 1 amide bonds. The zero-order valence-corrected chi connectivity index (χ0v) is 10.2. The third kappa shape index (κ3) is 3.04. The molecule has 1 aromatic rings. The van der Waals surface area contributed by atoms with Gasteiger partial charge in [-0.15, -0.1) is 6.42 Å². The van der Waals surface area contributed by atoms with Gasteiger partial charge in [0.2, 0.25) is 5.82 Å². The molecule has 19 heavy (non-hydrogen) atoms. The van der Waals surface area contributed by atoms with E-state index in [0.29, 0.717) is 12.1 Å². The molecule has 0 aliphatic rings. The first-order valence-electron chi connectivity index (χ1n) is 5.12. The van der Waals surface area contributed by atoms with Gasteiger partial charge in [0, 0.05) is 6.07 Å². The highest BCUT2D eigenvalue weighted by Crippen LogP contribution is 2.23. The van der Waals surface area contributed by atoms with Gasteiger partial charge >= 0.3 is 5.69 Å². The fourth-order valence-electron chi connectivity index (χ4n) is 1.27. The molecular weight excluding hydrogens is 258 g/mol. The Bertz CT molecular complexity index is 591. The Kier molecular flexibility index (Phi) is 3.85. The lowest BCUT2D eigenvalue weighted by Gasteiger charge is -2.19. The Hall–Kier alpha value is -2.49. The summed E-state index contributed by atoms with van der Waals surface area (Å²) in [6.07, 6.45) is 5.13. The molecule has 0 unspecified atom stereocenters. The second-order valence-corrected chi connectivity index (χ2v) is 4.24. The lowest BCUT2D eigenvalue weighted by Crippen LogP contribution is -2.42. The van der Waals surface area contributed by atoms with Crippen LogP contribution in [0.4, 0.5) is 14.5 Å². The third-order valence-corrected chi connectivity index (χ3v) is 2.28. The summed E-state index contributed by atoms with van der Waals surface area (Å²) in [6.45, 7) is 2.89. The monoisotopic (exact) mass is 268 g/mol. The first-order valence-corrected chi connectivity index (χ1v) is 5.12. The maximum absolute atomic E-state index is 13.7. The second-order valence-electron chi connectivity index (χ2n) is 4.24. The van der Waals surface area contributed by atoms with Crippen LogP contribution >= 0.6 is 0 Å². The van der Waals surface area contributed by atoms with E-state index < -0.39 is 39.3 Å². The predicted molar refractivity (Wildman–Crippen MR) is 63.4 cm³/mol. The molecule has 0 saturated heterocycles. The summed E-state index contributed by atoms with van der Waals surface area (Å²) in [5, 5.41) is 12.7. The Labute approximate surface area is 107 Å². The number of rotatable bonds is 3. The molecule has 1 N–H and O–H groups in total. The normalized spacial score (nSPS) is 10.7. The number of amides is 1.